The Morgan fingerprint density at radius 2 is 0.846 bits per heavy atom. The highest BCUT2D eigenvalue weighted by Crippen LogP contribution is 2.42. The number of rotatable bonds is 7. The molecule has 0 saturated carbocycles. The highest BCUT2D eigenvalue weighted by atomic mass is 16.3. The summed E-state index contributed by atoms with van der Waals surface area (Å²) in [5.74, 6) is 2.33. The summed E-state index contributed by atoms with van der Waals surface area (Å²) >= 11 is 0. The Hall–Kier alpha value is -8.94. The van der Waals surface area contributed by atoms with Crippen molar-refractivity contribution in [1.29, 1.82) is 0 Å². The number of aromatic nitrogens is 6. The first kappa shape index (κ1) is 36.7. The summed E-state index contributed by atoms with van der Waals surface area (Å²) in [5, 5.41) is 4.48. The maximum absolute atomic E-state index is 6.54. The van der Waals surface area contributed by atoms with Gasteiger partial charge in [0.15, 0.2) is 17.2 Å². The fourth-order valence-corrected chi connectivity index (χ4v) is 9.42. The van der Waals surface area contributed by atoms with Crippen LogP contribution in [-0.4, -0.2) is 29.1 Å². The number of nitrogens with zero attached hydrogens (tertiary/aromatic N) is 6. The van der Waals surface area contributed by atoms with E-state index < -0.39 is 0 Å². The van der Waals surface area contributed by atoms with E-state index in [-0.39, 0.29) is 0 Å². The number of oxazole rings is 1. The van der Waals surface area contributed by atoms with Gasteiger partial charge in [0.05, 0.1) is 22.1 Å². The van der Waals surface area contributed by atoms with Gasteiger partial charge in [0.1, 0.15) is 5.52 Å². The zero-order valence-corrected chi connectivity index (χ0v) is 34.9. The van der Waals surface area contributed by atoms with Crippen molar-refractivity contribution in [2.24, 2.45) is 0 Å². The third-order valence-electron chi connectivity index (χ3n) is 12.4. The Balaban J connectivity index is 1.06. The summed E-state index contributed by atoms with van der Waals surface area (Å²) in [4.78, 5) is 20.7. The van der Waals surface area contributed by atoms with Crippen LogP contribution >= 0.6 is 0 Å². The molecule has 304 valence electrons. The molecular formula is C58H36N6O. The number of hydrogen-bond donors (Lipinski definition) is 0. The van der Waals surface area contributed by atoms with Crippen LogP contribution in [-0.2, 0) is 0 Å². The highest BCUT2D eigenvalue weighted by Gasteiger charge is 2.24. The Morgan fingerprint density at radius 1 is 0.338 bits per heavy atom. The normalized spacial score (nSPS) is 11.7. The topological polar surface area (TPSA) is 74.6 Å². The molecule has 9 aromatic carbocycles. The first-order valence-electron chi connectivity index (χ1n) is 21.7. The van der Waals surface area contributed by atoms with Gasteiger partial charge in [-0.25, -0.2) is 9.97 Å². The van der Waals surface area contributed by atoms with Gasteiger partial charge in [0.2, 0.25) is 11.8 Å². The van der Waals surface area contributed by atoms with Crippen molar-refractivity contribution >= 4 is 54.7 Å². The largest absolute Gasteiger partial charge is 0.435 e. The van der Waals surface area contributed by atoms with Crippen molar-refractivity contribution in [3.05, 3.63) is 218 Å². The van der Waals surface area contributed by atoms with Gasteiger partial charge in [-0.3, -0.25) is 4.57 Å². The smallest absolute Gasteiger partial charge is 0.238 e. The summed E-state index contributed by atoms with van der Waals surface area (Å²) in [6, 6.07) is 75.7. The summed E-state index contributed by atoms with van der Waals surface area (Å²) in [7, 11) is 0. The Labute approximate surface area is 373 Å². The molecule has 0 unspecified atom stereocenters. The van der Waals surface area contributed by atoms with Crippen LogP contribution in [0.5, 0.6) is 0 Å². The minimum absolute atomic E-state index is 0.538. The zero-order valence-electron chi connectivity index (χ0n) is 34.9. The van der Waals surface area contributed by atoms with Gasteiger partial charge in [-0.05, 0) is 59.2 Å². The van der Waals surface area contributed by atoms with Crippen LogP contribution in [0, 0.1) is 0 Å². The van der Waals surface area contributed by atoms with E-state index in [0.717, 1.165) is 99.3 Å². The first-order valence-corrected chi connectivity index (χ1v) is 21.7. The summed E-state index contributed by atoms with van der Waals surface area (Å²) in [5.41, 5.74) is 13.8. The minimum atomic E-state index is 0.538. The maximum atomic E-state index is 6.54. The summed E-state index contributed by atoms with van der Waals surface area (Å²) < 4.78 is 11.2. The second-order valence-corrected chi connectivity index (χ2v) is 16.2. The van der Waals surface area contributed by atoms with Crippen LogP contribution in [0.4, 0.5) is 0 Å². The maximum Gasteiger partial charge on any atom is 0.238 e. The molecule has 0 aliphatic carbocycles. The lowest BCUT2D eigenvalue weighted by Gasteiger charge is -2.14. The van der Waals surface area contributed by atoms with Crippen LogP contribution in [0.25, 0.3) is 123 Å². The molecule has 0 spiro atoms. The van der Waals surface area contributed by atoms with Crippen molar-refractivity contribution in [2.75, 3.05) is 0 Å². The average molecular weight is 833 g/mol. The highest BCUT2D eigenvalue weighted by molar-refractivity contribution is 6.23. The number of hydrogen-bond acceptors (Lipinski definition) is 5. The van der Waals surface area contributed by atoms with Gasteiger partial charge in [0, 0.05) is 49.5 Å². The molecule has 0 amide bonds. The fraction of sp³-hybridized carbons (Fsp3) is 0. The van der Waals surface area contributed by atoms with E-state index in [1.807, 2.05) is 66.7 Å². The molecule has 0 atom stereocenters. The van der Waals surface area contributed by atoms with E-state index in [9.17, 15) is 0 Å². The third kappa shape index (κ3) is 6.05. The third-order valence-corrected chi connectivity index (χ3v) is 12.4. The van der Waals surface area contributed by atoms with Gasteiger partial charge in [0.25, 0.3) is 0 Å². The lowest BCUT2D eigenvalue weighted by molar-refractivity contribution is 0.621. The van der Waals surface area contributed by atoms with Crippen molar-refractivity contribution < 1.29 is 4.42 Å². The quantitative estimate of drug-likeness (QED) is 0.160. The molecule has 4 heterocycles. The van der Waals surface area contributed by atoms with E-state index in [1.165, 1.54) is 0 Å². The van der Waals surface area contributed by atoms with Gasteiger partial charge in [-0.2, -0.15) is 9.97 Å². The lowest BCUT2D eigenvalue weighted by Crippen LogP contribution is -2.07. The van der Waals surface area contributed by atoms with Crippen LogP contribution in [0.2, 0.25) is 0 Å². The SMILES string of the molecule is c1ccc(-c2ccc(-c3nc(-c4ccccc4)nc(-n4c5ccccc5c5ccc6c7ccccc7n(-c7cccc(-c8cccc9nc(-c%10ccccc%10)oc89)c7)c6c54)n3)cc2)cc1. The molecular weight excluding hydrogens is 797 g/mol. The first-order chi connectivity index (χ1) is 32.2. The molecule has 7 heteroatoms. The molecule has 0 N–H and O–H groups in total. The molecule has 13 rings (SSSR count). The fourth-order valence-electron chi connectivity index (χ4n) is 9.42. The van der Waals surface area contributed by atoms with E-state index in [1.54, 1.807) is 0 Å². The van der Waals surface area contributed by atoms with Crippen LogP contribution in [0.1, 0.15) is 0 Å². The average Bonchev–Trinajstić information content (AvgIpc) is 4.08. The van der Waals surface area contributed by atoms with Crippen LogP contribution < -0.4 is 0 Å². The number of fused-ring (bicyclic) bond motifs is 8. The molecule has 4 aromatic heterocycles. The number of benzene rings is 9. The van der Waals surface area contributed by atoms with E-state index in [0.29, 0.717) is 23.5 Å². The van der Waals surface area contributed by atoms with Crippen molar-refractivity contribution in [1.82, 2.24) is 29.1 Å². The molecule has 7 nitrogen and oxygen atoms in total. The molecule has 65 heavy (non-hydrogen) atoms. The molecule has 0 saturated heterocycles. The molecule has 0 aliphatic rings. The molecule has 0 bridgehead atoms. The molecule has 0 aliphatic heterocycles. The molecule has 0 radical (unpaired) electrons. The van der Waals surface area contributed by atoms with Gasteiger partial charge in [-0.15, -0.1) is 0 Å². The lowest BCUT2D eigenvalue weighted by atomic mass is 10.0. The summed E-state index contributed by atoms with van der Waals surface area (Å²) in [6.45, 7) is 0. The van der Waals surface area contributed by atoms with Gasteiger partial charge < -0.3 is 8.98 Å². The van der Waals surface area contributed by atoms with E-state index in [2.05, 4.69) is 161 Å². The minimum Gasteiger partial charge on any atom is -0.435 e. The molecule has 13 aromatic rings. The van der Waals surface area contributed by atoms with Gasteiger partial charge >= 0.3 is 0 Å². The Kier molecular flexibility index (Phi) is 8.39. The monoisotopic (exact) mass is 832 g/mol. The Morgan fingerprint density at radius 3 is 1.52 bits per heavy atom. The predicted molar refractivity (Wildman–Crippen MR) is 263 cm³/mol. The van der Waals surface area contributed by atoms with Crippen LogP contribution in [0.15, 0.2) is 223 Å². The Bertz CT molecular complexity index is 3930. The van der Waals surface area contributed by atoms with Crippen molar-refractivity contribution in [3.63, 3.8) is 0 Å². The van der Waals surface area contributed by atoms with Gasteiger partial charge in [-0.1, -0.05) is 176 Å². The van der Waals surface area contributed by atoms with E-state index >= 15 is 0 Å². The standard InChI is InChI=1S/C58H36N6O/c1-4-16-37(17-5-1)38-30-32-40(33-31-38)56-60-55(39-18-6-2-7-19-39)61-58(62-56)64-51-29-13-11-25-46(51)48-35-34-47-45-24-10-12-28-50(45)63(52(47)53(48)64)43-23-14-22-42(36-43)44-26-15-27-49-54(44)65-57(59-49)41-20-8-3-9-21-41/h1-36H. The van der Waals surface area contributed by atoms with Crippen LogP contribution in [0.3, 0.4) is 0 Å². The zero-order chi connectivity index (χ0) is 42.8. The van der Waals surface area contributed by atoms with Crippen molar-refractivity contribution in [3.8, 4) is 68.1 Å². The predicted octanol–water partition coefficient (Wildman–Crippen LogP) is 14.5. The number of para-hydroxylation sites is 3. The second kappa shape index (κ2) is 14.9. The molecule has 0 fully saturated rings. The van der Waals surface area contributed by atoms with Crippen molar-refractivity contribution in [2.45, 2.75) is 0 Å². The second-order valence-electron chi connectivity index (χ2n) is 16.2. The van der Waals surface area contributed by atoms with E-state index in [4.69, 9.17) is 24.4 Å². The summed E-state index contributed by atoms with van der Waals surface area (Å²) in [6.07, 6.45) is 0.